The van der Waals surface area contributed by atoms with E-state index in [9.17, 15) is 0 Å². The molecule has 0 fully saturated rings. The minimum Gasteiger partial charge on any atom is -0.0799 e. The standard InChI is InChI=1S/C13H21/c1-5-12(4)13(11(2)3)9-7-6-8-10-13/h6-12H,5H2,1-4H3. The molecule has 0 heteroatoms. The first-order valence-electron chi connectivity index (χ1n) is 5.34. The molecule has 1 aliphatic rings. The van der Waals surface area contributed by atoms with E-state index in [0.717, 1.165) is 5.92 Å². The fourth-order valence-corrected chi connectivity index (χ4v) is 2.20. The molecule has 1 aliphatic carbocycles. The lowest BCUT2D eigenvalue weighted by Crippen LogP contribution is -2.33. The van der Waals surface area contributed by atoms with Crippen LogP contribution in [-0.2, 0) is 0 Å². The van der Waals surface area contributed by atoms with Crippen LogP contribution in [0.2, 0.25) is 0 Å². The molecule has 13 heavy (non-hydrogen) atoms. The minimum atomic E-state index is 0.295. The van der Waals surface area contributed by atoms with Crippen molar-refractivity contribution in [3.63, 3.8) is 0 Å². The summed E-state index contributed by atoms with van der Waals surface area (Å²) in [5, 5.41) is 0. The number of hydrogen-bond acceptors (Lipinski definition) is 0. The molecule has 0 amide bonds. The highest BCUT2D eigenvalue weighted by molar-refractivity contribution is 5.26. The van der Waals surface area contributed by atoms with Crippen LogP contribution in [0.1, 0.15) is 34.1 Å². The Morgan fingerprint density at radius 3 is 2.15 bits per heavy atom. The van der Waals surface area contributed by atoms with E-state index < -0.39 is 0 Å². The second-order valence-electron chi connectivity index (χ2n) is 4.37. The molecule has 0 aromatic carbocycles. The van der Waals surface area contributed by atoms with Crippen LogP contribution in [-0.4, -0.2) is 0 Å². The predicted molar refractivity (Wildman–Crippen MR) is 59.3 cm³/mol. The Morgan fingerprint density at radius 1 is 1.08 bits per heavy atom. The fraction of sp³-hybridized carbons (Fsp3) is 0.615. The predicted octanol–water partition coefficient (Wildman–Crippen LogP) is 4.01. The lowest BCUT2D eigenvalue weighted by atomic mass is 9.64. The van der Waals surface area contributed by atoms with Gasteiger partial charge in [-0.25, -0.2) is 0 Å². The van der Waals surface area contributed by atoms with Crippen molar-refractivity contribution < 1.29 is 0 Å². The van der Waals surface area contributed by atoms with Gasteiger partial charge in [0.25, 0.3) is 0 Å². The van der Waals surface area contributed by atoms with Crippen LogP contribution in [0.5, 0.6) is 0 Å². The van der Waals surface area contributed by atoms with Crippen LogP contribution in [0.25, 0.3) is 0 Å². The van der Waals surface area contributed by atoms with E-state index in [1.54, 1.807) is 0 Å². The average molecular weight is 177 g/mol. The average Bonchev–Trinajstić information content (AvgIpc) is 2.17. The summed E-state index contributed by atoms with van der Waals surface area (Å²) in [6.45, 7) is 9.24. The van der Waals surface area contributed by atoms with E-state index in [4.69, 9.17) is 0 Å². The van der Waals surface area contributed by atoms with E-state index in [1.807, 2.05) is 0 Å². The van der Waals surface area contributed by atoms with Gasteiger partial charge in [0.05, 0.1) is 0 Å². The summed E-state index contributed by atoms with van der Waals surface area (Å²) < 4.78 is 0. The number of allylic oxidation sites excluding steroid dienone is 4. The molecule has 73 valence electrons. The molecule has 0 heterocycles. The third kappa shape index (κ3) is 1.87. The van der Waals surface area contributed by atoms with Crippen molar-refractivity contribution in [2.45, 2.75) is 34.1 Å². The van der Waals surface area contributed by atoms with Crippen LogP contribution in [0.15, 0.2) is 24.3 Å². The van der Waals surface area contributed by atoms with Gasteiger partial charge in [-0.05, 0) is 18.3 Å². The molecule has 0 saturated heterocycles. The molecule has 0 N–H and O–H groups in total. The Bertz CT molecular complexity index is 210. The van der Waals surface area contributed by atoms with Crippen LogP contribution >= 0.6 is 0 Å². The van der Waals surface area contributed by atoms with Gasteiger partial charge in [0.1, 0.15) is 0 Å². The highest BCUT2D eigenvalue weighted by Gasteiger charge is 2.35. The Hall–Kier alpha value is -0.520. The van der Waals surface area contributed by atoms with Crippen molar-refractivity contribution in [3.8, 4) is 0 Å². The Morgan fingerprint density at radius 2 is 1.77 bits per heavy atom. The summed E-state index contributed by atoms with van der Waals surface area (Å²) >= 11 is 0. The zero-order valence-electron chi connectivity index (χ0n) is 9.25. The van der Waals surface area contributed by atoms with Crippen molar-refractivity contribution >= 4 is 0 Å². The van der Waals surface area contributed by atoms with Gasteiger partial charge >= 0.3 is 0 Å². The van der Waals surface area contributed by atoms with Gasteiger partial charge in [-0.3, -0.25) is 0 Å². The quantitative estimate of drug-likeness (QED) is 0.611. The molecule has 0 aromatic rings. The van der Waals surface area contributed by atoms with Crippen molar-refractivity contribution in [2.24, 2.45) is 17.3 Å². The van der Waals surface area contributed by atoms with Crippen molar-refractivity contribution in [1.82, 2.24) is 0 Å². The van der Waals surface area contributed by atoms with Gasteiger partial charge in [0.2, 0.25) is 0 Å². The van der Waals surface area contributed by atoms with E-state index in [2.05, 4.69) is 58.4 Å². The summed E-state index contributed by atoms with van der Waals surface area (Å²) in [7, 11) is 0. The third-order valence-electron chi connectivity index (χ3n) is 3.46. The smallest absolute Gasteiger partial charge is 0.000213 e. The molecule has 0 spiro atoms. The van der Waals surface area contributed by atoms with E-state index in [1.165, 1.54) is 6.42 Å². The minimum absolute atomic E-state index is 0.295. The maximum atomic E-state index is 2.37. The zero-order valence-corrected chi connectivity index (χ0v) is 9.25. The molecule has 1 radical (unpaired) electrons. The number of hydrogen-bond donors (Lipinski definition) is 0. The van der Waals surface area contributed by atoms with Crippen LogP contribution in [0, 0.1) is 23.7 Å². The molecular formula is C13H21. The first-order valence-corrected chi connectivity index (χ1v) is 5.34. The molecule has 1 rings (SSSR count). The highest BCUT2D eigenvalue weighted by Crippen LogP contribution is 2.43. The summed E-state index contributed by atoms with van der Waals surface area (Å²) in [6.07, 6.45) is 12.5. The second-order valence-corrected chi connectivity index (χ2v) is 4.37. The van der Waals surface area contributed by atoms with Gasteiger partial charge in [-0.1, -0.05) is 58.4 Å². The Balaban J connectivity index is 2.88. The Kier molecular flexibility index (Phi) is 3.35. The van der Waals surface area contributed by atoms with Crippen LogP contribution in [0.3, 0.4) is 0 Å². The van der Waals surface area contributed by atoms with Crippen molar-refractivity contribution in [1.29, 1.82) is 0 Å². The normalized spacial score (nSPS) is 29.6. The third-order valence-corrected chi connectivity index (χ3v) is 3.46. The zero-order chi connectivity index (χ0) is 9.90. The second kappa shape index (κ2) is 4.13. The van der Waals surface area contributed by atoms with Gasteiger partial charge in [0.15, 0.2) is 0 Å². The van der Waals surface area contributed by atoms with Crippen LogP contribution in [0.4, 0.5) is 0 Å². The molecule has 0 bridgehead atoms. The topological polar surface area (TPSA) is 0 Å². The molecule has 0 aliphatic heterocycles. The van der Waals surface area contributed by atoms with E-state index >= 15 is 0 Å². The molecule has 0 saturated carbocycles. The van der Waals surface area contributed by atoms with Crippen molar-refractivity contribution in [2.75, 3.05) is 0 Å². The SMILES string of the molecule is CCC(C)C1(C(C)C)[CH]C=CC=C1. The van der Waals surface area contributed by atoms with Crippen molar-refractivity contribution in [3.05, 3.63) is 30.7 Å². The maximum absolute atomic E-state index is 2.37. The molecule has 2 atom stereocenters. The summed E-state index contributed by atoms with van der Waals surface area (Å²) in [5.41, 5.74) is 0.295. The van der Waals surface area contributed by atoms with Gasteiger partial charge in [-0.2, -0.15) is 0 Å². The van der Waals surface area contributed by atoms with E-state index in [0.29, 0.717) is 11.3 Å². The molecule has 0 aromatic heterocycles. The largest absolute Gasteiger partial charge is 0.0799 e. The van der Waals surface area contributed by atoms with Gasteiger partial charge < -0.3 is 0 Å². The summed E-state index contributed by atoms with van der Waals surface area (Å²) in [5.74, 6) is 1.41. The van der Waals surface area contributed by atoms with Crippen LogP contribution < -0.4 is 0 Å². The Labute approximate surface area is 82.7 Å². The monoisotopic (exact) mass is 177 g/mol. The summed E-state index contributed by atoms with van der Waals surface area (Å²) in [6, 6.07) is 0. The first-order chi connectivity index (χ1) is 6.13. The molecule has 2 unspecified atom stereocenters. The first kappa shape index (κ1) is 10.6. The van der Waals surface area contributed by atoms with E-state index in [-0.39, 0.29) is 0 Å². The fourth-order valence-electron chi connectivity index (χ4n) is 2.20. The number of rotatable bonds is 3. The highest BCUT2D eigenvalue weighted by atomic mass is 14.4. The lowest BCUT2D eigenvalue weighted by molar-refractivity contribution is 0.208. The maximum Gasteiger partial charge on any atom is 0.000213 e. The lowest BCUT2D eigenvalue weighted by Gasteiger charge is -2.40. The van der Waals surface area contributed by atoms with Gasteiger partial charge in [-0.15, -0.1) is 0 Å². The molecular weight excluding hydrogens is 156 g/mol. The molecule has 0 nitrogen and oxygen atoms in total. The summed E-state index contributed by atoms with van der Waals surface area (Å²) in [4.78, 5) is 0. The van der Waals surface area contributed by atoms with Gasteiger partial charge in [0, 0.05) is 5.41 Å².